The highest BCUT2D eigenvalue weighted by Gasteiger charge is 2.32. The molecule has 1 aliphatic heterocycles. The van der Waals surface area contributed by atoms with Crippen LogP contribution in [-0.4, -0.2) is 18.3 Å². The Morgan fingerprint density at radius 2 is 2.00 bits per heavy atom. The summed E-state index contributed by atoms with van der Waals surface area (Å²) < 4.78 is 13.4. The predicted molar refractivity (Wildman–Crippen MR) is 48.9 cm³/mol. The maximum absolute atomic E-state index is 13.8. The van der Waals surface area contributed by atoms with Gasteiger partial charge in [0.1, 0.15) is 19.3 Å². The molecule has 0 amide bonds. The van der Waals surface area contributed by atoms with Gasteiger partial charge in [-0.2, -0.15) is 0 Å². The van der Waals surface area contributed by atoms with Crippen LogP contribution in [0.15, 0.2) is 11.8 Å². The van der Waals surface area contributed by atoms with Crippen LogP contribution in [0.4, 0.5) is 4.48 Å². The van der Waals surface area contributed by atoms with Gasteiger partial charge >= 0.3 is 0 Å². The number of quaternary nitrogens is 1. The van der Waals surface area contributed by atoms with Gasteiger partial charge in [-0.15, -0.1) is 4.71 Å². The molecule has 1 aliphatic rings. The molecule has 1 nitrogen and oxygen atoms in total. The summed E-state index contributed by atoms with van der Waals surface area (Å²) in [6.07, 6.45) is 3.05. The van der Waals surface area contributed by atoms with E-state index in [0.717, 1.165) is 12.1 Å². The van der Waals surface area contributed by atoms with Crippen LogP contribution in [0.25, 0.3) is 0 Å². The summed E-state index contributed by atoms with van der Waals surface area (Å²) in [4.78, 5) is 0. The van der Waals surface area contributed by atoms with Crippen LogP contribution < -0.4 is 0 Å². The van der Waals surface area contributed by atoms with Crippen molar-refractivity contribution in [1.82, 2.24) is 0 Å². The number of halogens is 1. The summed E-state index contributed by atoms with van der Waals surface area (Å²) in [6.45, 7) is 6.82. The van der Waals surface area contributed by atoms with Gasteiger partial charge in [-0.3, -0.25) is 0 Å². The van der Waals surface area contributed by atoms with Gasteiger partial charge in [-0.25, -0.2) is 0 Å². The summed E-state index contributed by atoms with van der Waals surface area (Å²) >= 11 is 0. The average molecular weight is 172 g/mol. The molecule has 0 aromatic rings. The fraction of sp³-hybridized carbons (Fsp3) is 0.800. The molecule has 0 bridgehead atoms. The largest absolute Gasteiger partial charge is 0.140 e. The first-order chi connectivity index (χ1) is 5.43. The molecule has 0 aromatic carbocycles. The first-order valence-corrected chi connectivity index (χ1v) is 4.66. The van der Waals surface area contributed by atoms with Gasteiger partial charge in [0.15, 0.2) is 0 Å². The lowest BCUT2D eigenvalue weighted by Gasteiger charge is -2.23. The molecule has 1 rings (SSSR count). The summed E-state index contributed by atoms with van der Waals surface area (Å²) in [7, 11) is 1.64. The molecule has 0 aromatic heterocycles. The zero-order valence-corrected chi connectivity index (χ0v) is 8.47. The van der Waals surface area contributed by atoms with Gasteiger partial charge in [0, 0.05) is 17.3 Å². The first-order valence-electron chi connectivity index (χ1n) is 4.66. The highest BCUT2D eigenvalue weighted by Crippen LogP contribution is 2.28. The van der Waals surface area contributed by atoms with E-state index in [1.807, 2.05) is 13.0 Å². The molecule has 0 saturated carbocycles. The summed E-state index contributed by atoms with van der Waals surface area (Å²) in [5.74, 6) is 1.07. The third-order valence-electron chi connectivity index (χ3n) is 3.12. The van der Waals surface area contributed by atoms with Crippen LogP contribution in [0.3, 0.4) is 0 Å². The Bertz CT molecular complexity index is 196. The van der Waals surface area contributed by atoms with Crippen LogP contribution in [0.2, 0.25) is 0 Å². The third-order valence-corrected chi connectivity index (χ3v) is 3.12. The monoisotopic (exact) mass is 172 g/mol. The van der Waals surface area contributed by atoms with Crippen LogP contribution in [0, 0.1) is 11.8 Å². The summed E-state index contributed by atoms with van der Waals surface area (Å²) in [6, 6.07) is 0. The second-order valence-corrected chi connectivity index (χ2v) is 4.29. The topological polar surface area (TPSA) is 0 Å². The minimum Gasteiger partial charge on any atom is -0.104 e. The highest BCUT2D eigenvalue weighted by atomic mass is 19.2. The number of allylic oxidation sites excluding steroid dienone is 2. The lowest BCUT2D eigenvalue weighted by atomic mass is 9.94. The zero-order chi connectivity index (χ0) is 9.35. The Hall–Kier alpha value is -0.370. The fourth-order valence-electron chi connectivity index (χ4n) is 1.64. The highest BCUT2D eigenvalue weighted by molar-refractivity contribution is 4.92. The molecule has 2 unspecified atom stereocenters. The van der Waals surface area contributed by atoms with Crippen molar-refractivity contribution in [2.24, 2.45) is 11.8 Å². The van der Waals surface area contributed by atoms with E-state index in [9.17, 15) is 4.48 Å². The zero-order valence-electron chi connectivity index (χ0n) is 8.47. The van der Waals surface area contributed by atoms with Crippen molar-refractivity contribution in [3.63, 3.8) is 0 Å². The summed E-state index contributed by atoms with van der Waals surface area (Å²) in [5, 5.41) is 0. The van der Waals surface area contributed by atoms with E-state index >= 15 is 0 Å². The lowest BCUT2D eigenvalue weighted by Crippen LogP contribution is -2.36. The van der Waals surface area contributed by atoms with E-state index in [1.165, 1.54) is 0 Å². The molecule has 3 atom stereocenters. The fourth-order valence-corrected chi connectivity index (χ4v) is 1.64. The van der Waals surface area contributed by atoms with Crippen molar-refractivity contribution in [3.8, 4) is 0 Å². The molecule has 70 valence electrons. The van der Waals surface area contributed by atoms with Crippen molar-refractivity contribution in [1.29, 1.82) is 0 Å². The molecular weight excluding hydrogens is 153 g/mol. The van der Waals surface area contributed by atoms with Gasteiger partial charge in [0.2, 0.25) is 0 Å². The average Bonchev–Trinajstić information content (AvgIpc) is 2.03. The van der Waals surface area contributed by atoms with Gasteiger partial charge in [-0.1, -0.05) is 13.8 Å². The minimum atomic E-state index is -0.425. The van der Waals surface area contributed by atoms with Crippen molar-refractivity contribution in [2.45, 2.75) is 27.2 Å². The van der Waals surface area contributed by atoms with Crippen molar-refractivity contribution < 1.29 is 9.19 Å². The molecule has 0 N–H and O–H groups in total. The van der Waals surface area contributed by atoms with E-state index in [4.69, 9.17) is 0 Å². The number of nitrogens with zero attached hydrogens (tertiary/aromatic N) is 1. The predicted octanol–water partition coefficient (Wildman–Crippen LogP) is 2.90. The Morgan fingerprint density at radius 3 is 2.58 bits per heavy atom. The maximum Gasteiger partial charge on any atom is 0.140 e. The minimum absolute atomic E-state index is 0.425. The Kier molecular flexibility index (Phi) is 2.57. The summed E-state index contributed by atoms with van der Waals surface area (Å²) in [5.41, 5.74) is 0.853. The second-order valence-electron chi connectivity index (χ2n) is 4.29. The van der Waals surface area contributed by atoms with E-state index < -0.39 is 4.71 Å². The molecule has 0 aliphatic carbocycles. The molecule has 0 saturated heterocycles. The maximum atomic E-state index is 13.8. The van der Waals surface area contributed by atoms with Crippen LogP contribution >= 0.6 is 0 Å². The number of hydrogen-bond acceptors (Lipinski definition) is 0. The molecule has 2 heteroatoms. The Labute approximate surface area is 74.4 Å². The Morgan fingerprint density at radius 1 is 1.42 bits per heavy atom. The van der Waals surface area contributed by atoms with Crippen LogP contribution in [0.5, 0.6) is 0 Å². The van der Waals surface area contributed by atoms with E-state index in [0.29, 0.717) is 18.4 Å². The van der Waals surface area contributed by atoms with Crippen molar-refractivity contribution >= 4 is 0 Å². The van der Waals surface area contributed by atoms with Gasteiger partial charge in [-0.05, 0) is 18.4 Å². The van der Waals surface area contributed by atoms with Crippen LogP contribution in [0.1, 0.15) is 27.2 Å². The normalized spacial score (nSPS) is 43.6. The van der Waals surface area contributed by atoms with Crippen molar-refractivity contribution in [2.75, 3.05) is 13.6 Å². The molecule has 0 spiro atoms. The quantitative estimate of drug-likeness (QED) is 0.493. The number of rotatable bonds is 0. The van der Waals surface area contributed by atoms with Gasteiger partial charge in [0.25, 0.3) is 0 Å². The van der Waals surface area contributed by atoms with E-state index in [1.54, 1.807) is 7.05 Å². The van der Waals surface area contributed by atoms with Crippen LogP contribution in [-0.2, 0) is 0 Å². The van der Waals surface area contributed by atoms with Gasteiger partial charge < -0.3 is 0 Å². The second kappa shape index (κ2) is 3.17. The van der Waals surface area contributed by atoms with Crippen molar-refractivity contribution in [3.05, 3.63) is 11.8 Å². The van der Waals surface area contributed by atoms with E-state index in [2.05, 4.69) is 13.8 Å². The number of hydrogen-bond donors (Lipinski definition) is 0. The third kappa shape index (κ3) is 1.86. The lowest BCUT2D eigenvalue weighted by molar-refractivity contribution is -1.01. The first kappa shape index (κ1) is 9.72. The Balaban J connectivity index is 2.81. The molecular formula is C10H19FN+. The molecule has 0 fully saturated rings. The van der Waals surface area contributed by atoms with E-state index in [-0.39, 0.29) is 0 Å². The molecule has 12 heavy (non-hydrogen) atoms. The molecule has 0 radical (unpaired) electrons. The van der Waals surface area contributed by atoms with Gasteiger partial charge in [0.05, 0.1) is 0 Å². The molecule has 1 heterocycles. The SMILES string of the molecule is CC1=CC[C@H](C)C(C)C[N+]1(C)F. The smallest absolute Gasteiger partial charge is 0.104 e. The standard InChI is InChI=1S/C10H19FN/c1-8-5-6-10(3)12(4,11)7-9(8)2/h6,8-9H,5,7H2,1-4H3/q+1/t8-,9?,12?/m0/s1.